The number of anilines is 1. The fourth-order valence-electron chi connectivity index (χ4n) is 3.09. The second-order valence-corrected chi connectivity index (χ2v) is 8.31. The highest BCUT2D eigenvalue weighted by atomic mass is 16.5. The topological polar surface area (TPSA) is 117 Å². The molecule has 2 rings (SSSR count). The summed E-state index contributed by atoms with van der Waals surface area (Å²) < 4.78 is 5.18. The molecule has 1 aromatic rings. The van der Waals surface area contributed by atoms with E-state index in [1.165, 1.54) is 0 Å². The molecule has 0 spiro atoms. The zero-order valence-electron chi connectivity index (χ0n) is 18.6. The van der Waals surface area contributed by atoms with Crippen LogP contribution in [0.1, 0.15) is 44.5 Å². The number of rotatable bonds is 9. The molecular formula is C22H32N4O5. The Morgan fingerprint density at radius 2 is 1.84 bits per heavy atom. The van der Waals surface area contributed by atoms with Crippen LogP contribution in [-0.2, 0) is 19.1 Å². The fraction of sp³-hybridized carbons (Fsp3) is 0.545. The van der Waals surface area contributed by atoms with E-state index < -0.39 is 12.0 Å². The maximum atomic E-state index is 12.5. The van der Waals surface area contributed by atoms with Gasteiger partial charge in [-0.15, -0.1) is 0 Å². The van der Waals surface area contributed by atoms with Crippen molar-refractivity contribution < 1.29 is 23.9 Å². The fourth-order valence-corrected chi connectivity index (χ4v) is 3.09. The quantitative estimate of drug-likeness (QED) is 0.504. The van der Waals surface area contributed by atoms with E-state index in [1.54, 1.807) is 29.2 Å². The van der Waals surface area contributed by atoms with Crippen molar-refractivity contribution in [3.8, 4) is 0 Å². The standard InChI is InChI=1S/C22H32N4O5/c1-14(2)13-31-20(28)11-18-22(30)23-9-10-26(18)12-19(27)25-17-7-5-16(6-8-17)21(29)24-15(3)4/h5-8,14-15,18H,9-13H2,1-4H3,(H,23,30)(H,24,29)(H,25,27). The first-order chi connectivity index (χ1) is 14.7. The number of nitrogens with zero attached hydrogens (tertiary/aromatic N) is 1. The highest BCUT2D eigenvalue weighted by Crippen LogP contribution is 2.13. The lowest BCUT2D eigenvalue weighted by Gasteiger charge is -2.33. The molecule has 31 heavy (non-hydrogen) atoms. The molecule has 3 amide bonds. The van der Waals surface area contributed by atoms with Crippen LogP contribution < -0.4 is 16.0 Å². The van der Waals surface area contributed by atoms with Crippen molar-refractivity contribution >= 4 is 29.4 Å². The molecule has 3 N–H and O–H groups in total. The lowest BCUT2D eigenvalue weighted by Crippen LogP contribution is -2.57. The van der Waals surface area contributed by atoms with Crippen LogP contribution >= 0.6 is 0 Å². The van der Waals surface area contributed by atoms with Crippen LogP contribution in [0.25, 0.3) is 0 Å². The summed E-state index contributed by atoms with van der Waals surface area (Å²) in [6.45, 7) is 8.74. The SMILES string of the molecule is CC(C)COC(=O)CC1C(=O)NCCN1CC(=O)Nc1ccc(C(=O)NC(C)C)cc1. The van der Waals surface area contributed by atoms with Gasteiger partial charge >= 0.3 is 5.97 Å². The van der Waals surface area contributed by atoms with E-state index in [0.29, 0.717) is 30.9 Å². The van der Waals surface area contributed by atoms with Crippen molar-refractivity contribution in [3.05, 3.63) is 29.8 Å². The van der Waals surface area contributed by atoms with E-state index in [9.17, 15) is 19.2 Å². The van der Waals surface area contributed by atoms with Gasteiger partial charge in [-0.1, -0.05) is 13.8 Å². The monoisotopic (exact) mass is 432 g/mol. The molecule has 0 aliphatic carbocycles. The summed E-state index contributed by atoms with van der Waals surface area (Å²) in [5.41, 5.74) is 1.04. The minimum absolute atomic E-state index is 0.0317. The van der Waals surface area contributed by atoms with Gasteiger partial charge in [-0.2, -0.15) is 0 Å². The van der Waals surface area contributed by atoms with Gasteiger partial charge in [0.2, 0.25) is 11.8 Å². The summed E-state index contributed by atoms with van der Waals surface area (Å²) in [4.78, 5) is 50.5. The molecule has 9 nitrogen and oxygen atoms in total. The highest BCUT2D eigenvalue weighted by Gasteiger charge is 2.33. The van der Waals surface area contributed by atoms with E-state index in [1.807, 2.05) is 27.7 Å². The van der Waals surface area contributed by atoms with Crippen molar-refractivity contribution in [2.75, 3.05) is 31.6 Å². The molecule has 0 saturated carbocycles. The van der Waals surface area contributed by atoms with Gasteiger partial charge in [0, 0.05) is 30.4 Å². The van der Waals surface area contributed by atoms with Gasteiger partial charge in [0.1, 0.15) is 6.04 Å². The molecule has 1 saturated heterocycles. The smallest absolute Gasteiger partial charge is 0.307 e. The Hall–Kier alpha value is -2.94. The van der Waals surface area contributed by atoms with Crippen molar-refractivity contribution in [1.29, 1.82) is 0 Å². The summed E-state index contributed by atoms with van der Waals surface area (Å²) in [6, 6.07) is 5.85. The number of hydrogen-bond donors (Lipinski definition) is 3. The summed E-state index contributed by atoms with van der Waals surface area (Å²) in [5.74, 6) is -1.04. The number of ether oxygens (including phenoxy) is 1. The van der Waals surface area contributed by atoms with Gasteiger partial charge in [-0.25, -0.2) is 0 Å². The van der Waals surface area contributed by atoms with E-state index in [-0.39, 0.29) is 42.6 Å². The van der Waals surface area contributed by atoms with Gasteiger partial charge in [-0.3, -0.25) is 24.1 Å². The molecule has 0 aromatic heterocycles. The number of amides is 3. The number of esters is 1. The van der Waals surface area contributed by atoms with Crippen LogP contribution in [0.5, 0.6) is 0 Å². The van der Waals surface area contributed by atoms with E-state index in [2.05, 4.69) is 16.0 Å². The number of carbonyl (C=O) groups is 4. The first-order valence-electron chi connectivity index (χ1n) is 10.5. The predicted octanol–water partition coefficient (Wildman–Crippen LogP) is 1.15. The Bertz CT molecular complexity index is 792. The van der Waals surface area contributed by atoms with Gasteiger partial charge in [0.25, 0.3) is 5.91 Å². The van der Waals surface area contributed by atoms with Crippen LogP contribution in [-0.4, -0.2) is 66.9 Å². The minimum Gasteiger partial charge on any atom is -0.465 e. The van der Waals surface area contributed by atoms with E-state index >= 15 is 0 Å². The molecule has 1 heterocycles. The van der Waals surface area contributed by atoms with E-state index in [0.717, 1.165) is 0 Å². The third-order valence-electron chi connectivity index (χ3n) is 4.58. The maximum absolute atomic E-state index is 12.5. The molecule has 0 bridgehead atoms. The Kier molecular flexibility index (Phi) is 8.99. The number of hydrogen-bond acceptors (Lipinski definition) is 6. The lowest BCUT2D eigenvalue weighted by atomic mass is 10.1. The maximum Gasteiger partial charge on any atom is 0.307 e. The largest absolute Gasteiger partial charge is 0.465 e. The number of nitrogens with one attached hydrogen (secondary N) is 3. The van der Waals surface area contributed by atoms with Gasteiger partial charge in [0.05, 0.1) is 19.6 Å². The van der Waals surface area contributed by atoms with Gasteiger partial charge < -0.3 is 20.7 Å². The van der Waals surface area contributed by atoms with Crippen LogP contribution in [0.4, 0.5) is 5.69 Å². The zero-order valence-corrected chi connectivity index (χ0v) is 18.6. The van der Waals surface area contributed by atoms with Crippen LogP contribution in [0.15, 0.2) is 24.3 Å². The highest BCUT2D eigenvalue weighted by molar-refractivity contribution is 5.96. The predicted molar refractivity (Wildman–Crippen MR) is 116 cm³/mol. The first-order valence-corrected chi connectivity index (χ1v) is 10.5. The summed E-state index contributed by atoms with van der Waals surface area (Å²) in [5, 5.41) is 8.30. The molecular weight excluding hydrogens is 400 g/mol. The van der Waals surface area contributed by atoms with Crippen molar-refractivity contribution in [2.24, 2.45) is 5.92 Å². The average Bonchev–Trinajstić information content (AvgIpc) is 2.69. The molecule has 1 aliphatic heterocycles. The Balaban J connectivity index is 1.93. The summed E-state index contributed by atoms with van der Waals surface area (Å²) in [6.07, 6.45) is -0.106. The third-order valence-corrected chi connectivity index (χ3v) is 4.58. The molecule has 1 aliphatic rings. The Morgan fingerprint density at radius 3 is 2.45 bits per heavy atom. The molecule has 170 valence electrons. The normalized spacial score (nSPS) is 16.7. The molecule has 1 unspecified atom stereocenters. The van der Waals surface area contributed by atoms with Crippen LogP contribution in [0.2, 0.25) is 0 Å². The van der Waals surface area contributed by atoms with Gasteiger partial charge in [-0.05, 0) is 44.0 Å². The summed E-state index contributed by atoms with van der Waals surface area (Å²) in [7, 11) is 0. The minimum atomic E-state index is -0.749. The Labute approximate surface area is 182 Å². The van der Waals surface area contributed by atoms with Crippen molar-refractivity contribution in [2.45, 2.75) is 46.2 Å². The molecule has 1 atom stereocenters. The van der Waals surface area contributed by atoms with Gasteiger partial charge in [0.15, 0.2) is 0 Å². The Morgan fingerprint density at radius 1 is 1.16 bits per heavy atom. The molecule has 0 radical (unpaired) electrons. The molecule has 1 fully saturated rings. The third kappa shape index (κ3) is 8.01. The van der Waals surface area contributed by atoms with Crippen LogP contribution in [0.3, 0.4) is 0 Å². The van der Waals surface area contributed by atoms with Crippen molar-refractivity contribution in [1.82, 2.24) is 15.5 Å². The summed E-state index contributed by atoms with van der Waals surface area (Å²) >= 11 is 0. The number of carbonyl (C=O) groups excluding carboxylic acids is 4. The second kappa shape index (κ2) is 11.5. The van der Waals surface area contributed by atoms with Crippen LogP contribution in [0, 0.1) is 5.92 Å². The number of piperazine rings is 1. The average molecular weight is 433 g/mol. The second-order valence-electron chi connectivity index (χ2n) is 8.31. The van der Waals surface area contributed by atoms with E-state index in [4.69, 9.17) is 4.74 Å². The molecule has 1 aromatic carbocycles. The zero-order chi connectivity index (χ0) is 23.0. The first kappa shape index (κ1) is 24.3. The van der Waals surface area contributed by atoms with Crippen molar-refractivity contribution in [3.63, 3.8) is 0 Å². The molecule has 9 heteroatoms. The number of benzene rings is 1. The lowest BCUT2D eigenvalue weighted by molar-refractivity contribution is -0.149.